The predicted octanol–water partition coefficient (Wildman–Crippen LogP) is 2.28. The fraction of sp³-hybridized carbons (Fsp3) is 0.348. The van der Waals surface area contributed by atoms with E-state index in [0.717, 1.165) is 55.7 Å². The van der Waals surface area contributed by atoms with E-state index in [4.69, 9.17) is 9.47 Å². The number of amides is 1. The minimum absolute atomic E-state index is 0.110. The zero-order valence-electron chi connectivity index (χ0n) is 17.9. The molecule has 0 saturated heterocycles. The van der Waals surface area contributed by atoms with Gasteiger partial charge in [0.05, 0.1) is 20.8 Å². The van der Waals surface area contributed by atoms with Crippen LogP contribution in [0.25, 0.3) is 0 Å². The van der Waals surface area contributed by atoms with E-state index in [9.17, 15) is 4.79 Å². The van der Waals surface area contributed by atoms with Gasteiger partial charge in [-0.2, -0.15) is 0 Å². The van der Waals surface area contributed by atoms with Gasteiger partial charge in [0, 0.05) is 38.2 Å². The van der Waals surface area contributed by atoms with Crippen LogP contribution < -0.4 is 14.8 Å². The third kappa shape index (κ3) is 4.86. The van der Waals surface area contributed by atoms with Gasteiger partial charge in [-0.25, -0.2) is 0 Å². The third-order valence-corrected chi connectivity index (χ3v) is 5.49. The second-order valence-corrected chi connectivity index (χ2v) is 7.45. The van der Waals surface area contributed by atoms with Crippen molar-refractivity contribution in [3.63, 3.8) is 0 Å². The molecule has 1 N–H and O–H groups in total. The highest BCUT2D eigenvalue weighted by atomic mass is 16.5. The van der Waals surface area contributed by atoms with Crippen LogP contribution in [0.4, 0.5) is 0 Å². The number of ether oxygens (including phenoxy) is 2. The molecular weight excluding hydrogens is 394 g/mol. The van der Waals surface area contributed by atoms with Crippen molar-refractivity contribution in [2.75, 3.05) is 27.3 Å². The van der Waals surface area contributed by atoms with E-state index in [1.165, 1.54) is 5.56 Å². The zero-order valence-corrected chi connectivity index (χ0v) is 17.9. The van der Waals surface area contributed by atoms with E-state index >= 15 is 0 Å². The van der Waals surface area contributed by atoms with Gasteiger partial charge >= 0.3 is 0 Å². The largest absolute Gasteiger partial charge is 0.493 e. The number of hydrogen-bond acceptors (Lipinski definition) is 6. The molecule has 0 spiro atoms. The molecule has 1 amide bonds. The Balaban J connectivity index is 1.37. The topological polar surface area (TPSA) is 81.5 Å². The Labute approximate surface area is 181 Å². The molecule has 8 nitrogen and oxygen atoms in total. The van der Waals surface area contributed by atoms with E-state index in [1.807, 2.05) is 30.3 Å². The van der Waals surface area contributed by atoms with E-state index in [0.29, 0.717) is 12.1 Å². The van der Waals surface area contributed by atoms with E-state index in [2.05, 4.69) is 31.0 Å². The van der Waals surface area contributed by atoms with Crippen LogP contribution >= 0.6 is 0 Å². The molecule has 0 atom stereocenters. The van der Waals surface area contributed by atoms with Gasteiger partial charge in [0.2, 0.25) is 0 Å². The maximum absolute atomic E-state index is 12.3. The number of aromatic nitrogens is 3. The molecule has 162 valence electrons. The zero-order chi connectivity index (χ0) is 21.6. The van der Waals surface area contributed by atoms with Gasteiger partial charge in [0.15, 0.2) is 17.3 Å². The molecule has 31 heavy (non-hydrogen) atoms. The van der Waals surface area contributed by atoms with Gasteiger partial charge in [0.25, 0.3) is 5.91 Å². The van der Waals surface area contributed by atoms with E-state index in [1.54, 1.807) is 26.4 Å². The Bertz CT molecular complexity index is 1030. The first-order valence-corrected chi connectivity index (χ1v) is 10.4. The van der Waals surface area contributed by atoms with Crippen molar-refractivity contribution in [3.05, 3.63) is 71.3 Å². The van der Waals surface area contributed by atoms with Gasteiger partial charge in [0.1, 0.15) is 5.82 Å². The number of fused-ring (bicyclic) bond motifs is 1. The van der Waals surface area contributed by atoms with Gasteiger partial charge in [-0.3, -0.25) is 9.69 Å². The summed E-state index contributed by atoms with van der Waals surface area (Å²) in [5.74, 6) is 3.10. The number of carbonyl (C=O) groups is 1. The van der Waals surface area contributed by atoms with Crippen LogP contribution in [0, 0.1) is 0 Å². The Kier molecular flexibility index (Phi) is 6.47. The summed E-state index contributed by atoms with van der Waals surface area (Å²) in [6.45, 7) is 3.73. The lowest BCUT2D eigenvalue weighted by Crippen LogP contribution is -2.28. The Morgan fingerprint density at radius 3 is 2.58 bits per heavy atom. The lowest BCUT2D eigenvalue weighted by molar-refractivity contribution is 0.0949. The molecule has 3 aromatic rings. The normalized spacial score (nSPS) is 13.9. The fourth-order valence-corrected chi connectivity index (χ4v) is 3.80. The molecule has 4 rings (SSSR count). The summed E-state index contributed by atoms with van der Waals surface area (Å²) in [6.07, 6.45) is 0.812. The second-order valence-electron chi connectivity index (χ2n) is 7.45. The van der Waals surface area contributed by atoms with Crippen LogP contribution in [0.5, 0.6) is 11.5 Å². The van der Waals surface area contributed by atoms with E-state index in [-0.39, 0.29) is 5.91 Å². The maximum atomic E-state index is 12.3. The van der Waals surface area contributed by atoms with Crippen LogP contribution in [-0.2, 0) is 26.1 Å². The number of hydrogen-bond donors (Lipinski definition) is 1. The highest BCUT2D eigenvalue weighted by molar-refractivity contribution is 5.93. The molecule has 0 fully saturated rings. The van der Waals surface area contributed by atoms with Crippen molar-refractivity contribution in [2.45, 2.75) is 26.1 Å². The molecule has 0 saturated carbocycles. The quantitative estimate of drug-likeness (QED) is 0.630. The van der Waals surface area contributed by atoms with Crippen molar-refractivity contribution >= 4 is 5.91 Å². The molecule has 2 heterocycles. The standard InChI is InChI=1S/C23H27N5O3/c1-30-19-9-8-17(14-20(19)31-2)16-27-11-10-21-25-26-22(28(21)13-12-27)15-24-23(29)18-6-4-3-5-7-18/h3-9,14H,10-13,15-16H2,1-2H3,(H,24,29). The van der Waals surface area contributed by atoms with Crippen molar-refractivity contribution < 1.29 is 14.3 Å². The monoisotopic (exact) mass is 421 g/mol. The van der Waals surface area contributed by atoms with Gasteiger partial charge in [-0.1, -0.05) is 24.3 Å². The second kappa shape index (κ2) is 9.61. The van der Waals surface area contributed by atoms with Crippen molar-refractivity contribution in [3.8, 4) is 11.5 Å². The summed E-state index contributed by atoms with van der Waals surface area (Å²) in [5.41, 5.74) is 1.81. The number of nitrogens with zero attached hydrogens (tertiary/aromatic N) is 4. The van der Waals surface area contributed by atoms with Crippen LogP contribution in [0.2, 0.25) is 0 Å². The lowest BCUT2D eigenvalue weighted by atomic mass is 10.2. The Morgan fingerprint density at radius 2 is 1.81 bits per heavy atom. The molecule has 1 aromatic heterocycles. The summed E-state index contributed by atoms with van der Waals surface area (Å²) >= 11 is 0. The summed E-state index contributed by atoms with van der Waals surface area (Å²) in [7, 11) is 3.29. The van der Waals surface area contributed by atoms with Crippen LogP contribution in [-0.4, -0.2) is 52.9 Å². The summed E-state index contributed by atoms with van der Waals surface area (Å²) in [4.78, 5) is 14.7. The molecule has 0 aliphatic carbocycles. The summed E-state index contributed by atoms with van der Waals surface area (Å²) < 4.78 is 12.9. The first-order valence-electron chi connectivity index (χ1n) is 10.4. The first kappa shape index (κ1) is 20.9. The maximum Gasteiger partial charge on any atom is 0.251 e. The van der Waals surface area contributed by atoms with Crippen LogP contribution in [0.3, 0.4) is 0 Å². The van der Waals surface area contributed by atoms with Gasteiger partial charge in [-0.15, -0.1) is 10.2 Å². The molecule has 0 bridgehead atoms. The number of methoxy groups -OCH3 is 2. The Hall–Kier alpha value is -3.39. The van der Waals surface area contributed by atoms with Crippen LogP contribution in [0.1, 0.15) is 27.6 Å². The minimum atomic E-state index is -0.110. The summed E-state index contributed by atoms with van der Waals surface area (Å²) in [5, 5.41) is 11.6. The average Bonchev–Trinajstić information content (AvgIpc) is 3.10. The minimum Gasteiger partial charge on any atom is -0.493 e. The molecule has 0 unspecified atom stereocenters. The lowest BCUT2D eigenvalue weighted by Gasteiger charge is -2.20. The number of nitrogens with one attached hydrogen (secondary N) is 1. The third-order valence-electron chi connectivity index (χ3n) is 5.49. The fourth-order valence-electron chi connectivity index (χ4n) is 3.80. The highest BCUT2D eigenvalue weighted by Crippen LogP contribution is 2.28. The number of rotatable bonds is 7. The molecule has 1 aliphatic rings. The highest BCUT2D eigenvalue weighted by Gasteiger charge is 2.19. The SMILES string of the molecule is COc1ccc(CN2CCc3nnc(CNC(=O)c4ccccc4)n3CC2)cc1OC. The smallest absolute Gasteiger partial charge is 0.251 e. The van der Waals surface area contributed by atoms with Crippen molar-refractivity contribution in [1.82, 2.24) is 25.0 Å². The molecule has 0 radical (unpaired) electrons. The molecular formula is C23H27N5O3. The molecule has 8 heteroatoms. The van der Waals surface area contributed by atoms with Crippen molar-refractivity contribution in [2.24, 2.45) is 0 Å². The average molecular weight is 422 g/mol. The molecule has 2 aromatic carbocycles. The van der Waals surface area contributed by atoms with Crippen molar-refractivity contribution in [1.29, 1.82) is 0 Å². The van der Waals surface area contributed by atoms with Crippen LogP contribution in [0.15, 0.2) is 48.5 Å². The number of benzene rings is 2. The Morgan fingerprint density at radius 1 is 1.00 bits per heavy atom. The predicted molar refractivity (Wildman–Crippen MR) is 116 cm³/mol. The first-order chi connectivity index (χ1) is 15.2. The molecule has 1 aliphatic heterocycles. The van der Waals surface area contributed by atoms with Gasteiger partial charge in [-0.05, 0) is 29.8 Å². The van der Waals surface area contributed by atoms with E-state index < -0.39 is 0 Å². The van der Waals surface area contributed by atoms with Gasteiger partial charge < -0.3 is 19.4 Å². The summed E-state index contributed by atoms with van der Waals surface area (Å²) in [6, 6.07) is 15.2. The number of carbonyl (C=O) groups excluding carboxylic acids is 1.